The Kier molecular flexibility index (Phi) is 5.13. The molecule has 1 unspecified atom stereocenters. The summed E-state index contributed by atoms with van der Waals surface area (Å²) in [4.78, 5) is 13.6. The van der Waals surface area contributed by atoms with Gasteiger partial charge in [0.25, 0.3) is 0 Å². The summed E-state index contributed by atoms with van der Waals surface area (Å²) in [6.07, 6.45) is 0. The topological polar surface area (TPSA) is 77.9 Å². The summed E-state index contributed by atoms with van der Waals surface area (Å²) in [6.45, 7) is 3.11. The maximum Gasteiger partial charge on any atom is 0.335 e. The lowest BCUT2D eigenvalue weighted by Crippen LogP contribution is -2.49. The number of aromatic carboxylic acids is 1. The van der Waals surface area contributed by atoms with Crippen LogP contribution in [-0.4, -0.2) is 55.4 Å². The van der Waals surface area contributed by atoms with Crippen LogP contribution in [0.2, 0.25) is 0 Å². The van der Waals surface area contributed by atoms with E-state index in [1.54, 1.807) is 6.92 Å². The number of nitrogens with zero attached hydrogens (tertiary/aromatic N) is 2. The summed E-state index contributed by atoms with van der Waals surface area (Å²) in [6, 6.07) is 13.6. The monoisotopic (exact) mass is 374 g/mol. The van der Waals surface area contributed by atoms with E-state index in [-0.39, 0.29) is 22.1 Å². The number of likely N-dealkylation sites (N-methyl/N-ethyl adjacent to an activating group) is 1. The predicted molar refractivity (Wildman–Crippen MR) is 98.7 cm³/mol. The van der Waals surface area contributed by atoms with Crippen molar-refractivity contribution in [2.24, 2.45) is 0 Å². The number of piperazine rings is 1. The standard InChI is InChI=1S/C19H22N2O4S/c1-14-16(19(22)23)9-6-10-18(14)26(24,25)21-12-11-20(2)13-17(21)15-7-4-3-5-8-15/h3-10,17H,11-13H2,1-2H3,(H,22,23). The molecule has 0 amide bonds. The molecule has 3 rings (SSSR count). The molecule has 6 nitrogen and oxygen atoms in total. The highest BCUT2D eigenvalue weighted by Crippen LogP contribution is 2.32. The van der Waals surface area contributed by atoms with Crippen molar-refractivity contribution in [2.45, 2.75) is 17.9 Å². The zero-order chi connectivity index (χ0) is 18.9. The Bertz CT molecular complexity index is 912. The Hall–Kier alpha value is -2.22. The van der Waals surface area contributed by atoms with Gasteiger partial charge in [0.05, 0.1) is 16.5 Å². The first-order valence-corrected chi connectivity index (χ1v) is 9.84. The molecule has 7 heteroatoms. The SMILES string of the molecule is Cc1c(C(=O)O)cccc1S(=O)(=O)N1CCN(C)CC1c1ccccc1. The summed E-state index contributed by atoms with van der Waals surface area (Å²) in [7, 11) is -1.86. The Labute approximate surface area is 153 Å². The molecule has 1 heterocycles. The average Bonchev–Trinajstić information content (AvgIpc) is 2.62. The number of carboxylic acids is 1. The second kappa shape index (κ2) is 7.19. The van der Waals surface area contributed by atoms with E-state index in [2.05, 4.69) is 4.90 Å². The van der Waals surface area contributed by atoms with Crippen molar-refractivity contribution in [1.29, 1.82) is 0 Å². The molecule has 1 atom stereocenters. The van der Waals surface area contributed by atoms with E-state index in [0.717, 1.165) is 5.56 Å². The van der Waals surface area contributed by atoms with Gasteiger partial charge in [-0.05, 0) is 37.2 Å². The summed E-state index contributed by atoms with van der Waals surface area (Å²) in [5, 5.41) is 9.32. The molecular formula is C19H22N2O4S. The van der Waals surface area contributed by atoms with Crippen LogP contribution in [-0.2, 0) is 10.0 Å². The van der Waals surface area contributed by atoms with Crippen molar-refractivity contribution in [3.05, 3.63) is 65.2 Å². The second-order valence-electron chi connectivity index (χ2n) is 6.54. The normalized spacial score (nSPS) is 19.4. The molecule has 2 aromatic carbocycles. The highest BCUT2D eigenvalue weighted by Gasteiger charge is 2.37. The lowest BCUT2D eigenvalue weighted by Gasteiger charge is -2.39. The zero-order valence-electron chi connectivity index (χ0n) is 14.8. The minimum atomic E-state index is -3.83. The molecule has 0 aliphatic carbocycles. The molecule has 0 aromatic heterocycles. The third kappa shape index (κ3) is 3.38. The molecule has 0 bridgehead atoms. The van der Waals surface area contributed by atoms with E-state index in [0.29, 0.717) is 19.6 Å². The van der Waals surface area contributed by atoms with Crippen molar-refractivity contribution >= 4 is 16.0 Å². The number of sulfonamides is 1. The highest BCUT2D eigenvalue weighted by molar-refractivity contribution is 7.89. The first-order chi connectivity index (χ1) is 12.3. The van der Waals surface area contributed by atoms with Gasteiger partial charge in [-0.2, -0.15) is 4.31 Å². The first-order valence-electron chi connectivity index (χ1n) is 8.40. The van der Waals surface area contributed by atoms with Crippen LogP contribution in [0.1, 0.15) is 27.5 Å². The lowest BCUT2D eigenvalue weighted by molar-refractivity contribution is 0.0696. The highest BCUT2D eigenvalue weighted by atomic mass is 32.2. The van der Waals surface area contributed by atoms with Crippen LogP contribution < -0.4 is 0 Å². The molecule has 1 saturated heterocycles. The van der Waals surface area contributed by atoms with E-state index in [9.17, 15) is 18.3 Å². The first kappa shape index (κ1) is 18.6. The van der Waals surface area contributed by atoms with Crippen LogP contribution in [0.15, 0.2) is 53.4 Å². The van der Waals surface area contributed by atoms with Gasteiger partial charge in [0, 0.05) is 19.6 Å². The van der Waals surface area contributed by atoms with Gasteiger partial charge in [-0.1, -0.05) is 36.4 Å². The lowest BCUT2D eigenvalue weighted by atomic mass is 10.1. The number of carboxylic acid groups (broad SMARTS) is 1. The summed E-state index contributed by atoms with van der Waals surface area (Å²) in [5.41, 5.74) is 1.21. The predicted octanol–water partition coefficient (Wildman–Crippen LogP) is 2.37. The van der Waals surface area contributed by atoms with Gasteiger partial charge in [-0.15, -0.1) is 0 Å². The van der Waals surface area contributed by atoms with Crippen molar-refractivity contribution in [2.75, 3.05) is 26.7 Å². The molecule has 0 saturated carbocycles. The number of carbonyl (C=O) groups is 1. The number of benzene rings is 2. The largest absolute Gasteiger partial charge is 0.478 e. The Morgan fingerprint density at radius 1 is 1.08 bits per heavy atom. The summed E-state index contributed by atoms with van der Waals surface area (Å²) >= 11 is 0. The number of rotatable bonds is 4. The van der Waals surface area contributed by atoms with Gasteiger partial charge in [0.2, 0.25) is 10.0 Å². The molecule has 2 aromatic rings. The zero-order valence-corrected chi connectivity index (χ0v) is 15.6. The quantitative estimate of drug-likeness (QED) is 0.889. The van der Waals surface area contributed by atoms with E-state index < -0.39 is 16.0 Å². The second-order valence-corrected chi connectivity index (χ2v) is 8.40. The molecule has 0 radical (unpaired) electrons. The van der Waals surface area contributed by atoms with Crippen molar-refractivity contribution < 1.29 is 18.3 Å². The molecule has 1 N–H and O–H groups in total. The van der Waals surface area contributed by atoms with Crippen LogP contribution in [0.25, 0.3) is 0 Å². The van der Waals surface area contributed by atoms with Crippen molar-refractivity contribution in [1.82, 2.24) is 9.21 Å². The third-order valence-electron chi connectivity index (χ3n) is 4.82. The van der Waals surface area contributed by atoms with Crippen molar-refractivity contribution in [3.8, 4) is 0 Å². The minimum Gasteiger partial charge on any atom is -0.478 e. The van der Waals surface area contributed by atoms with Crippen LogP contribution in [0.3, 0.4) is 0 Å². The van der Waals surface area contributed by atoms with Gasteiger partial charge in [-0.25, -0.2) is 13.2 Å². The van der Waals surface area contributed by atoms with Gasteiger partial charge >= 0.3 is 5.97 Å². The minimum absolute atomic E-state index is 0.0106. The summed E-state index contributed by atoms with van der Waals surface area (Å²) in [5.74, 6) is -1.13. The van der Waals surface area contributed by atoms with Crippen molar-refractivity contribution in [3.63, 3.8) is 0 Å². The van der Waals surface area contributed by atoms with Crippen LogP contribution in [0.4, 0.5) is 0 Å². The molecule has 26 heavy (non-hydrogen) atoms. The van der Waals surface area contributed by atoms with E-state index >= 15 is 0 Å². The van der Waals surface area contributed by atoms with Gasteiger partial charge < -0.3 is 10.0 Å². The van der Waals surface area contributed by atoms with E-state index in [4.69, 9.17) is 0 Å². The summed E-state index contributed by atoms with van der Waals surface area (Å²) < 4.78 is 28.3. The van der Waals surface area contributed by atoms with Gasteiger partial charge in [-0.3, -0.25) is 0 Å². The molecule has 138 valence electrons. The maximum absolute atomic E-state index is 13.4. The Morgan fingerprint density at radius 3 is 2.42 bits per heavy atom. The fourth-order valence-electron chi connectivity index (χ4n) is 3.39. The van der Waals surface area contributed by atoms with Crippen LogP contribution in [0, 0.1) is 6.92 Å². The van der Waals surface area contributed by atoms with Gasteiger partial charge in [0.1, 0.15) is 0 Å². The van der Waals surface area contributed by atoms with Gasteiger partial charge in [0.15, 0.2) is 0 Å². The molecular weight excluding hydrogens is 352 g/mol. The number of hydrogen-bond acceptors (Lipinski definition) is 4. The molecule has 1 fully saturated rings. The Morgan fingerprint density at radius 2 is 1.77 bits per heavy atom. The molecule has 1 aliphatic heterocycles. The van der Waals surface area contributed by atoms with E-state index in [1.807, 2.05) is 37.4 Å². The Balaban J connectivity index is 2.08. The molecule has 1 aliphatic rings. The smallest absolute Gasteiger partial charge is 0.335 e. The van der Waals surface area contributed by atoms with Crippen LogP contribution >= 0.6 is 0 Å². The third-order valence-corrected chi connectivity index (χ3v) is 6.87. The maximum atomic E-state index is 13.4. The fourth-order valence-corrected chi connectivity index (χ4v) is 5.23. The fraction of sp³-hybridized carbons (Fsp3) is 0.316. The van der Waals surface area contributed by atoms with Crippen LogP contribution in [0.5, 0.6) is 0 Å². The van der Waals surface area contributed by atoms with E-state index in [1.165, 1.54) is 22.5 Å². The average molecular weight is 374 g/mol. The molecule has 0 spiro atoms. The number of hydrogen-bond donors (Lipinski definition) is 1.